The predicted molar refractivity (Wildman–Crippen MR) is 93.3 cm³/mol. The molecule has 0 saturated heterocycles. The molecule has 26 heavy (non-hydrogen) atoms. The lowest BCUT2D eigenvalue weighted by Gasteiger charge is -2.34. The molecule has 0 aromatic heterocycles. The van der Waals surface area contributed by atoms with E-state index in [2.05, 4.69) is 0 Å². The van der Waals surface area contributed by atoms with E-state index < -0.39 is 12.0 Å². The van der Waals surface area contributed by atoms with Crippen LogP contribution in [0.2, 0.25) is 0 Å². The van der Waals surface area contributed by atoms with Crippen LogP contribution < -0.4 is 9.47 Å². The lowest BCUT2D eigenvalue weighted by atomic mass is 9.93. The van der Waals surface area contributed by atoms with Gasteiger partial charge in [-0.15, -0.1) is 0 Å². The van der Waals surface area contributed by atoms with Gasteiger partial charge < -0.3 is 19.5 Å². The van der Waals surface area contributed by atoms with Gasteiger partial charge in [0, 0.05) is 13.0 Å². The van der Waals surface area contributed by atoms with Crippen LogP contribution in [0, 0.1) is 0 Å². The van der Waals surface area contributed by atoms with Gasteiger partial charge >= 0.3 is 5.97 Å². The van der Waals surface area contributed by atoms with Crippen LogP contribution in [0.5, 0.6) is 11.5 Å². The van der Waals surface area contributed by atoms with Crippen LogP contribution in [-0.4, -0.2) is 41.1 Å². The highest BCUT2D eigenvalue weighted by Crippen LogP contribution is 2.31. The van der Waals surface area contributed by atoms with Crippen molar-refractivity contribution in [2.24, 2.45) is 0 Å². The number of carboxylic acid groups (broad SMARTS) is 1. The molecule has 6 heteroatoms. The maximum atomic E-state index is 12.9. The van der Waals surface area contributed by atoms with Crippen LogP contribution in [0.15, 0.2) is 42.5 Å². The molecule has 0 spiro atoms. The van der Waals surface area contributed by atoms with Gasteiger partial charge in [0.2, 0.25) is 5.91 Å². The molecule has 6 nitrogen and oxygen atoms in total. The Morgan fingerprint density at radius 2 is 1.77 bits per heavy atom. The van der Waals surface area contributed by atoms with E-state index >= 15 is 0 Å². The minimum absolute atomic E-state index is 0.128. The summed E-state index contributed by atoms with van der Waals surface area (Å²) in [6, 6.07) is 12.2. The largest absolute Gasteiger partial charge is 0.486 e. The number of nitrogens with zero attached hydrogens (tertiary/aromatic N) is 1. The van der Waals surface area contributed by atoms with Gasteiger partial charge in [-0.1, -0.05) is 30.3 Å². The fraction of sp³-hybridized carbons (Fsp3) is 0.300. The minimum atomic E-state index is -0.977. The molecule has 2 aliphatic heterocycles. The molecular formula is C20H19NO5. The maximum Gasteiger partial charge on any atom is 0.326 e. The third-order valence-corrected chi connectivity index (χ3v) is 4.82. The summed E-state index contributed by atoms with van der Waals surface area (Å²) < 4.78 is 11.0. The quantitative estimate of drug-likeness (QED) is 0.914. The van der Waals surface area contributed by atoms with E-state index in [1.54, 1.807) is 12.1 Å². The van der Waals surface area contributed by atoms with Crippen LogP contribution in [0.1, 0.15) is 16.7 Å². The van der Waals surface area contributed by atoms with E-state index in [0.717, 1.165) is 16.7 Å². The average molecular weight is 353 g/mol. The van der Waals surface area contributed by atoms with Crippen LogP contribution >= 0.6 is 0 Å². The Balaban J connectivity index is 1.55. The molecule has 0 fully saturated rings. The Hall–Kier alpha value is -3.02. The Morgan fingerprint density at radius 3 is 2.54 bits per heavy atom. The topological polar surface area (TPSA) is 76.1 Å². The summed E-state index contributed by atoms with van der Waals surface area (Å²) in [6.07, 6.45) is 0.459. The number of carbonyl (C=O) groups excluding carboxylic acids is 1. The summed E-state index contributed by atoms with van der Waals surface area (Å²) in [7, 11) is 0. The number of rotatable bonds is 3. The molecule has 2 heterocycles. The van der Waals surface area contributed by atoms with E-state index in [1.165, 1.54) is 4.90 Å². The second-order valence-electron chi connectivity index (χ2n) is 6.50. The zero-order valence-electron chi connectivity index (χ0n) is 14.2. The van der Waals surface area contributed by atoms with Crippen molar-refractivity contribution < 1.29 is 24.2 Å². The molecule has 0 bridgehead atoms. The van der Waals surface area contributed by atoms with E-state index in [1.807, 2.05) is 30.3 Å². The Morgan fingerprint density at radius 1 is 1.04 bits per heavy atom. The van der Waals surface area contributed by atoms with Gasteiger partial charge in [0.15, 0.2) is 11.5 Å². The smallest absolute Gasteiger partial charge is 0.326 e. The monoisotopic (exact) mass is 353 g/mol. The highest BCUT2D eigenvalue weighted by molar-refractivity contribution is 5.86. The molecular weight excluding hydrogens is 334 g/mol. The predicted octanol–water partition coefficient (Wildman–Crippen LogP) is 2.04. The number of fused-ring (bicyclic) bond motifs is 2. The standard InChI is InChI=1S/C20H19NO5/c22-19(10-13-5-6-17-18(9-13)26-8-7-25-17)21-12-15-4-2-1-3-14(15)11-16(21)20(23)24/h1-6,9,16H,7-8,10-12H2,(H,23,24)/t16-/m1/s1. The summed E-state index contributed by atoms with van der Waals surface area (Å²) in [5, 5.41) is 9.58. The maximum absolute atomic E-state index is 12.9. The summed E-state index contributed by atoms with van der Waals surface area (Å²) in [5.41, 5.74) is 2.77. The summed E-state index contributed by atoms with van der Waals surface area (Å²) >= 11 is 0. The highest BCUT2D eigenvalue weighted by atomic mass is 16.6. The molecule has 2 aromatic rings. The SMILES string of the molecule is O=C(O)[C@H]1Cc2ccccc2CN1C(=O)Cc1ccc2c(c1)OCCO2. The zero-order valence-corrected chi connectivity index (χ0v) is 14.2. The molecule has 2 aromatic carbocycles. The van der Waals surface area contributed by atoms with Gasteiger partial charge in [-0.05, 0) is 28.8 Å². The molecule has 134 valence electrons. The van der Waals surface area contributed by atoms with E-state index in [9.17, 15) is 14.7 Å². The second-order valence-corrected chi connectivity index (χ2v) is 6.50. The van der Waals surface area contributed by atoms with Crippen molar-refractivity contribution in [3.05, 3.63) is 59.2 Å². The summed E-state index contributed by atoms with van der Waals surface area (Å²) in [6.45, 7) is 1.31. The van der Waals surface area contributed by atoms with Crippen molar-refractivity contribution in [2.75, 3.05) is 13.2 Å². The molecule has 1 N–H and O–H groups in total. The fourth-order valence-electron chi connectivity index (χ4n) is 3.48. The molecule has 4 rings (SSSR count). The molecule has 0 aliphatic carbocycles. The first kappa shape index (κ1) is 16.4. The van der Waals surface area contributed by atoms with Crippen molar-refractivity contribution in [3.63, 3.8) is 0 Å². The van der Waals surface area contributed by atoms with Crippen molar-refractivity contribution in [3.8, 4) is 11.5 Å². The number of carbonyl (C=O) groups is 2. The lowest BCUT2D eigenvalue weighted by molar-refractivity contribution is -0.151. The number of hydrogen-bond donors (Lipinski definition) is 1. The minimum Gasteiger partial charge on any atom is -0.486 e. The van der Waals surface area contributed by atoms with Gasteiger partial charge in [-0.2, -0.15) is 0 Å². The normalized spacial score (nSPS) is 18.2. The van der Waals surface area contributed by atoms with Gasteiger partial charge in [0.05, 0.1) is 6.42 Å². The zero-order chi connectivity index (χ0) is 18.1. The third kappa shape index (κ3) is 3.10. The number of aliphatic carboxylic acids is 1. The van der Waals surface area contributed by atoms with Crippen LogP contribution in [0.3, 0.4) is 0 Å². The van der Waals surface area contributed by atoms with E-state index in [0.29, 0.717) is 37.7 Å². The van der Waals surface area contributed by atoms with Gasteiger partial charge in [-0.25, -0.2) is 4.79 Å². The Bertz CT molecular complexity index is 863. The van der Waals surface area contributed by atoms with Crippen LogP contribution in [-0.2, 0) is 29.0 Å². The van der Waals surface area contributed by atoms with Crippen molar-refractivity contribution in [1.82, 2.24) is 4.90 Å². The number of ether oxygens (including phenoxy) is 2. The number of hydrogen-bond acceptors (Lipinski definition) is 4. The molecule has 0 unspecified atom stereocenters. The van der Waals surface area contributed by atoms with Gasteiger partial charge in [0.1, 0.15) is 19.3 Å². The average Bonchev–Trinajstić information content (AvgIpc) is 2.66. The van der Waals surface area contributed by atoms with Gasteiger partial charge in [-0.3, -0.25) is 4.79 Å². The first-order chi connectivity index (χ1) is 12.6. The first-order valence-corrected chi connectivity index (χ1v) is 8.59. The summed E-state index contributed by atoms with van der Waals surface area (Å²) in [4.78, 5) is 26.0. The van der Waals surface area contributed by atoms with Crippen molar-refractivity contribution in [2.45, 2.75) is 25.4 Å². The van der Waals surface area contributed by atoms with Gasteiger partial charge in [0.25, 0.3) is 0 Å². The van der Waals surface area contributed by atoms with E-state index in [-0.39, 0.29) is 12.3 Å². The Labute approximate surface area is 151 Å². The number of benzene rings is 2. The molecule has 2 aliphatic rings. The lowest BCUT2D eigenvalue weighted by Crippen LogP contribution is -2.49. The molecule has 0 saturated carbocycles. The van der Waals surface area contributed by atoms with Crippen LogP contribution in [0.4, 0.5) is 0 Å². The van der Waals surface area contributed by atoms with Crippen molar-refractivity contribution in [1.29, 1.82) is 0 Å². The summed E-state index contributed by atoms with van der Waals surface area (Å²) in [5.74, 6) is 0.113. The highest BCUT2D eigenvalue weighted by Gasteiger charge is 2.34. The number of carboxylic acids is 1. The van der Waals surface area contributed by atoms with E-state index in [4.69, 9.17) is 9.47 Å². The fourth-order valence-corrected chi connectivity index (χ4v) is 3.48. The van der Waals surface area contributed by atoms with Crippen LogP contribution in [0.25, 0.3) is 0 Å². The second kappa shape index (κ2) is 6.71. The molecule has 1 amide bonds. The number of amides is 1. The Kier molecular flexibility index (Phi) is 4.24. The van der Waals surface area contributed by atoms with Crippen molar-refractivity contribution >= 4 is 11.9 Å². The first-order valence-electron chi connectivity index (χ1n) is 8.59. The molecule has 1 atom stereocenters. The molecule has 0 radical (unpaired) electrons. The third-order valence-electron chi connectivity index (χ3n) is 4.82.